The van der Waals surface area contributed by atoms with E-state index in [1.165, 1.54) is 22.8 Å². The Morgan fingerprint density at radius 1 is 1.24 bits per heavy atom. The van der Waals surface area contributed by atoms with Crippen LogP contribution in [0.2, 0.25) is 0 Å². The average Bonchev–Trinajstić information content (AvgIpc) is 3.46. The van der Waals surface area contributed by atoms with Crippen molar-refractivity contribution < 1.29 is 13.2 Å². The second kappa shape index (κ2) is 7.33. The summed E-state index contributed by atoms with van der Waals surface area (Å²) in [7, 11) is -3.72. The van der Waals surface area contributed by atoms with Gasteiger partial charge in [-0.1, -0.05) is 30.3 Å². The molecular formula is C18H21N3O3S. The van der Waals surface area contributed by atoms with Gasteiger partial charge in [0.25, 0.3) is 0 Å². The molecule has 1 amide bonds. The molecule has 1 unspecified atom stereocenters. The van der Waals surface area contributed by atoms with E-state index in [0.717, 1.165) is 18.4 Å². The van der Waals surface area contributed by atoms with Crippen LogP contribution in [0.3, 0.4) is 0 Å². The summed E-state index contributed by atoms with van der Waals surface area (Å²) in [5.74, 6) is -0.310. The third-order valence-corrected chi connectivity index (χ3v) is 6.05. The van der Waals surface area contributed by atoms with Crippen LogP contribution in [0.1, 0.15) is 31.4 Å². The molecule has 0 radical (unpaired) electrons. The lowest BCUT2D eigenvalue weighted by Gasteiger charge is -2.22. The summed E-state index contributed by atoms with van der Waals surface area (Å²) < 4.78 is 26.9. The van der Waals surface area contributed by atoms with Gasteiger partial charge in [-0.25, -0.2) is 8.42 Å². The van der Waals surface area contributed by atoms with E-state index in [9.17, 15) is 13.2 Å². The maximum Gasteiger partial charge on any atom is 0.245 e. The molecule has 1 heterocycles. The van der Waals surface area contributed by atoms with Gasteiger partial charge in [-0.05, 0) is 37.5 Å². The largest absolute Gasteiger partial charge is 0.348 e. The number of pyridine rings is 1. The summed E-state index contributed by atoms with van der Waals surface area (Å²) in [6, 6.07) is 12.4. The summed E-state index contributed by atoms with van der Waals surface area (Å²) in [6.07, 6.45) is 4.39. The molecule has 0 saturated heterocycles. The molecule has 1 N–H and O–H groups in total. The maximum absolute atomic E-state index is 12.8. The zero-order valence-corrected chi connectivity index (χ0v) is 14.8. The van der Waals surface area contributed by atoms with E-state index in [-0.39, 0.29) is 29.4 Å². The number of sulfonamides is 1. The van der Waals surface area contributed by atoms with Crippen LogP contribution in [0.15, 0.2) is 59.8 Å². The lowest BCUT2D eigenvalue weighted by molar-refractivity contribution is -0.122. The normalized spacial score (nSPS) is 15.8. The molecule has 25 heavy (non-hydrogen) atoms. The molecule has 1 aliphatic carbocycles. The number of nitrogens with one attached hydrogen (secondary N) is 1. The summed E-state index contributed by atoms with van der Waals surface area (Å²) in [5, 5.41) is 2.87. The second-order valence-electron chi connectivity index (χ2n) is 6.17. The van der Waals surface area contributed by atoms with Gasteiger partial charge in [0.1, 0.15) is 4.90 Å². The first-order chi connectivity index (χ1) is 12.0. The number of amides is 1. The molecule has 2 aromatic rings. The average molecular weight is 359 g/mol. The minimum Gasteiger partial charge on any atom is -0.348 e. The first-order valence-electron chi connectivity index (χ1n) is 8.24. The Hall–Kier alpha value is -2.25. The van der Waals surface area contributed by atoms with Crippen LogP contribution in [0.5, 0.6) is 0 Å². The first-order valence-corrected chi connectivity index (χ1v) is 9.68. The Labute approximate surface area is 147 Å². The van der Waals surface area contributed by atoms with Crippen LogP contribution >= 0.6 is 0 Å². The Kier molecular flexibility index (Phi) is 5.15. The predicted octanol–water partition coefficient (Wildman–Crippen LogP) is 2.11. The molecule has 1 saturated carbocycles. The number of hydrogen-bond donors (Lipinski definition) is 1. The quantitative estimate of drug-likeness (QED) is 0.821. The number of aromatic nitrogens is 1. The fourth-order valence-electron chi connectivity index (χ4n) is 2.66. The van der Waals surface area contributed by atoms with Crippen molar-refractivity contribution in [2.24, 2.45) is 0 Å². The van der Waals surface area contributed by atoms with Gasteiger partial charge in [-0.2, -0.15) is 4.31 Å². The van der Waals surface area contributed by atoms with E-state index in [1.54, 1.807) is 6.07 Å². The molecule has 1 aliphatic rings. The molecule has 6 nitrogen and oxygen atoms in total. The van der Waals surface area contributed by atoms with Crippen molar-refractivity contribution in [3.63, 3.8) is 0 Å². The van der Waals surface area contributed by atoms with E-state index in [2.05, 4.69) is 10.3 Å². The van der Waals surface area contributed by atoms with Gasteiger partial charge in [0.15, 0.2) is 0 Å². The highest BCUT2D eigenvalue weighted by molar-refractivity contribution is 7.89. The minimum atomic E-state index is -3.72. The topological polar surface area (TPSA) is 79.4 Å². The molecule has 3 rings (SSSR count). The fourth-order valence-corrected chi connectivity index (χ4v) is 4.27. The molecule has 1 atom stereocenters. The summed E-state index contributed by atoms with van der Waals surface area (Å²) in [6.45, 7) is 1.70. The van der Waals surface area contributed by atoms with Crippen LogP contribution in [-0.4, -0.2) is 36.2 Å². The predicted molar refractivity (Wildman–Crippen MR) is 94.2 cm³/mol. The van der Waals surface area contributed by atoms with Crippen LogP contribution in [-0.2, 0) is 14.8 Å². The van der Waals surface area contributed by atoms with Crippen molar-refractivity contribution in [1.82, 2.24) is 14.6 Å². The molecule has 0 spiro atoms. The van der Waals surface area contributed by atoms with Crippen molar-refractivity contribution in [1.29, 1.82) is 0 Å². The summed E-state index contributed by atoms with van der Waals surface area (Å²) >= 11 is 0. The van der Waals surface area contributed by atoms with E-state index in [0.29, 0.717) is 0 Å². The van der Waals surface area contributed by atoms with Crippen LogP contribution < -0.4 is 5.32 Å². The second-order valence-corrected chi connectivity index (χ2v) is 8.06. The molecule has 7 heteroatoms. The van der Waals surface area contributed by atoms with Gasteiger partial charge in [-0.15, -0.1) is 0 Å². The van der Waals surface area contributed by atoms with Crippen molar-refractivity contribution in [2.45, 2.75) is 36.7 Å². The molecule has 0 bridgehead atoms. The Balaban J connectivity index is 1.71. The molecule has 1 fully saturated rings. The van der Waals surface area contributed by atoms with E-state index in [4.69, 9.17) is 0 Å². The number of nitrogens with zero attached hydrogens (tertiary/aromatic N) is 2. The van der Waals surface area contributed by atoms with E-state index in [1.807, 2.05) is 37.3 Å². The van der Waals surface area contributed by atoms with Gasteiger partial charge in [0.2, 0.25) is 15.9 Å². The summed E-state index contributed by atoms with van der Waals surface area (Å²) in [5.41, 5.74) is 0.976. The molecule has 132 valence electrons. The highest BCUT2D eigenvalue weighted by Gasteiger charge is 2.39. The monoisotopic (exact) mass is 359 g/mol. The molecular weight excluding hydrogens is 338 g/mol. The van der Waals surface area contributed by atoms with Gasteiger partial charge in [-0.3, -0.25) is 9.78 Å². The lowest BCUT2D eigenvalue weighted by atomic mass is 10.1. The van der Waals surface area contributed by atoms with E-state index >= 15 is 0 Å². The Morgan fingerprint density at radius 2 is 1.96 bits per heavy atom. The van der Waals surface area contributed by atoms with Crippen LogP contribution in [0.25, 0.3) is 0 Å². The number of carbonyl (C=O) groups is 1. The van der Waals surface area contributed by atoms with Crippen molar-refractivity contribution in [2.75, 3.05) is 6.54 Å². The van der Waals surface area contributed by atoms with Gasteiger partial charge >= 0.3 is 0 Å². The zero-order valence-electron chi connectivity index (χ0n) is 14.0. The number of hydrogen-bond acceptors (Lipinski definition) is 4. The lowest BCUT2D eigenvalue weighted by Crippen LogP contribution is -2.42. The fraction of sp³-hybridized carbons (Fsp3) is 0.333. The number of benzene rings is 1. The van der Waals surface area contributed by atoms with Gasteiger partial charge < -0.3 is 5.32 Å². The third kappa shape index (κ3) is 4.24. The van der Waals surface area contributed by atoms with Crippen molar-refractivity contribution >= 4 is 15.9 Å². The Bertz CT molecular complexity index is 821. The first kappa shape index (κ1) is 17.6. The van der Waals surface area contributed by atoms with Crippen molar-refractivity contribution in [3.8, 4) is 0 Å². The Morgan fingerprint density at radius 3 is 2.56 bits per heavy atom. The maximum atomic E-state index is 12.8. The van der Waals surface area contributed by atoms with Crippen LogP contribution in [0.4, 0.5) is 0 Å². The number of carbonyl (C=O) groups excluding carboxylic acids is 1. The number of rotatable bonds is 7. The molecule has 1 aromatic heterocycles. The van der Waals surface area contributed by atoms with Gasteiger partial charge in [0.05, 0.1) is 12.6 Å². The summed E-state index contributed by atoms with van der Waals surface area (Å²) in [4.78, 5) is 16.4. The molecule has 0 aliphatic heterocycles. The van der Waals surface area contributed by atoms with Crippen molar-refractivity contribution in [3.05, 3.63) is 60.4 Å². The highest BCUT2D eigenvalue weighted by atomic mass is 32.2. The van der Waals surface area contributed by atoms with Crippen LogP contribution in [0, 0.1) is 0 Å². The molecule has 1 aromatic carbocycles. The zero-order chi connectivity index (χ0) is 17.9. The van der Waals surface area contributed by atoms with E-state index < -0.39 is 10.0 Å². The van der Waals surface area contributed by atoms with Gasteiger partial charge in [0, 0.05) is 18.4 Å². The smallest absolute Gasteiger partial charge is 0.245 e. The standard InChI is InChI=1S/C18H21N3O3S/c1-14(15-6-3-2-4-7-15)20-18(22)13-21(16-9-10-16)25(23,24)17-8-5-11-19-12-17/h2-8,11-12,14,16H,9-10,13H2,1H3,(H,20,22). The highest BCUT2D eigenvalue weighted by Crippen LogP contribution is 2.31. The minimum absolute atomic E-state index is 0.108. The SMILES string of the molecule is CC(NC(=O)CN(C1CC1)S(=O)(=O)c1cccnc1)c1ccccc1. The third-order valence-electron chi connectivity index (χ3n) is 4.17.